The van der Waals surface area contributed by atoms with Gasteiger partial charge in [-0.15, -0.1) is 0 Å². The lowest BCUT2D eigenvalue weighted by Crippen LogP contribution is -2.54. The van der Waals surface area contributed by atoms with Gasteiger partial charge in [-0.3, -0.25) is 4.79 Å². The quantitative estimate of drug-likeness (QED) is 0.385. The first kappa shape index (κ1) is 27.5. The van der Waals surface area contributed by atoms with Crippen LogP contribution in [0.25, 0.3) is 10.8 Å². The zero-order chi connectivity index (χ0) is 28.7. The van der Waals surface area contributed by atoms with Gasteiger partial charge in [0.2, 0.25) is 5.75 Å². The number of rotatable bonds is 6. The molecule has 3 aromatic rings. The van der Waals surface area contributed by atoms with Gasteiger partial charge >= 0.3 is 6.01 Å². The van der Waals surface area contributed by atoms with E-state index in [0.29, 0.717) is 42.8 Å². The number of hydrogen-bond donors (Lipinski definition) is 0. The van der Waals surface area contributed by atoms with Crippen LogP contribution < -0.4 is 19.1 Å². The van der Waals surface area contributed by atoms with E-state index in [1.807, 2.05) is 48.2 Å². The standard InChI is InChI=1S/C30H33ClFN5O4/c1-18-15-36(29(38)19(2)32)13-14-37(18)27-26-28(34-30(33-27)40-16-21-9-6-12-35(21)3)41-24(17-39-26)22-10-4-7-20-8-5-11-23(31)25(20)22/h4-5,7-8,10-11,18,21,24H,2,6,9,12-17H2,1,3H3/t18-,21-,24?/m0/s1. The van der Waals surface area contributed by atoms with Crippen LogP contribution in [-0.4, -0.2) is 84.2 Å². The molecule has 0 aliphatic carbocycles. The zero-order valence-electron chi connectivity index (χ0n) is 23.2. The van der Waals surface area contributed by atoms with E-state index in [-0.39, 0.29) is 30.6 Å². The van der Waals surface area contributed by atoms with Crippen LogP contribution in [-0.2, 0) is 4.79 Å². The topological polar surface area (TPSA) is 80.3 Å². The van der Waals surface area contributed by atoms with Gasteiger partial charge in [0.15, 0.2) is 17.7 Å². The number of halogens is 2. The van der Waals surface area contributed by atoms with Crippen molar-refractivity contribution in [1.29, 1.82) is 0 Å². The first-order chi connectivity index (χ1) is 19.8. The Morgan fingerprint density at radius 3 is 2.73 bits per heavy atom. The maximum Gasteiger partial charge on any atom is 0.322 e. The van der Waals surface area contributed by atoms with Gasteiger partial charge in [0.05, 0.1) is 0 Å². The second-order valence-electron chi connectivity index (χ2n) is 10.9. The van der Waals surface area contributed by atoms with Gasteiger partial charge in [0.1, 0.15) is 13.2 Å². The molecule has 2 fully saturated rings. The monoisotopic (exact) mass is 581 g/mol. The number of amides is 1. The van der Waals surface area contributed by atoms with E-state index in [0.717, 1.165) is 35.7 Å². The third-order valence-corrected chi connectivity index (χ3v) is 8.47. The molecular weight excluding hydrogens is 549 g/mol. The molecule has 4 heterocycles. The summed E-state index contributed by atoms with van der Waals surface area (Å²) in [5.41, 5.74) is 0.904. The Morgan fingerprint density at radius 2 is 2.00 bits per heavy atom. The molecule has 0 N–H and O–H groups in total. The highest BCUT2D eigenvalue weighted by Gasteiger charge is 2.36. The molecule has 41 heavy (non-hydrogen) atoms. The highest BCUT2D eigenvalue weighted by Crippen LogP contribution is 2.44. The maximum atomic E-state index is 13.6. The van der Waals surface area contributed by atoms with Crippen molar-refractivity contribution in [2.24, 2.45) is 0 Å². The number of benzene rings is 2. The Kier molecular flexibility index (Phi) is 7.61. The van der Waals surface area contributed by atoms with Gasteiger partial charge in [-0.05, 0) is 44.8 Å². The van der Waals surface area contributed by atoms with Crippen molar-refractivity contribution in [3.63, 3.8) is 0 Å². The van der Waals surface area contributed by atoms with Crippen molar-refractivity contribution in [1.82, 2.24) is 19.8 Å². The van der Waals surface area contributed by atoms with Crippen molar-refractivity contribution < 1.29 is 23.4 Å². The molecule has 9 nitrogen and oxygen atoms in total. The predicted octanol–water partition coefficient (Wildman–Crippen LogP) is 4.79. The number of carbonyl (C=O) groups excluding carboxylic acids is 1. The Hall–Kier alpha value is -3.63. The van der Waals surface area contributed by atoms with E-state index in [4.69, 9.17) is 30.8 Å². The Bertz CT molecular complexity index is 1480. The maximum absolute atomic E-state index is 13.6. The largest absolute Gasteiger partial charge is 0.481 e. The number of hydrogen-bond acceptors (Lipinski definition) is 8. The van der Waals surface area contributed by atoms with Crippen molar-refractivity contribution >= 4 is 34.1 Å². The second-order valence-corrected chi connectivity index (χ2v) is 11.3. The summed E-state index contributed by atoms with van der Waals surface area (Å²) in [6.07, 6.45) is 1.72. The summed E-state index contributed by atoms with van der Waals surface area (Å²) in [6.45, 7) is 7.86. The number of piperazine rings is 1. The summed E-state index contributed by atoms with van der Waals surface area (Å²) in [5, 5.41) is 2.56. The lowest BCUT2D eigenvalue weighted by molar-refractivity contribution is -0.129. The van der Waals surface area contributed by atoms with Gasteiger partial charge in [-0.2, -0.15) is 9.97 Å². The van der Waals surface area contributed by atoms with Gasteiger partial charge in [-0.25, -0.2) is 4.39 Å². The lowest BCUT2D eigenvalue weighted by Gasteiger charge is -2.41. The average Bonchev–Trinajstić information content (AvgIpc) is 3.39. The molecule has 1 aromatic heterocycles. The van der Waals surface area contributed by atoms with E-state index in [1.54, 1.807) is 0 Å². The summed E-state index contributed by atoms with van der Waals surface area (Å²) in [5.74, 6) is -0.429. The van der Waals surface area contributed by atoms with Gasteiger partial charge in [0.25, 0.3) is 11.8 Å². The third-order valence-electron chi connectivity index (χ3n) is 8.16. The molecule has 216 valence electrons. The molecule has 6 rings (SSSR count). The third kappa shape index (κ3) is 5.38. The van der Waals surface area contributed by atoms with Crippen LogP contribution in [0.15, 0.2) is 48.8 Å². The van der Waals surface area contributed by atoms with E-state index in [1.165, 1.54) is 4.90 Å². The van der Waals surface area contributed by atoms with Crippen LogP contribution in [0.1, 0.15) is 31.4 Å². The number of aromatic nitrogens is 2. The number of fused-ring (bicyclic) bond motifs is 2. The number of anilines is 1. The van der Waals surface area contributed by atoms with Crippen molar-refractivity contribution in [3.8, 4) is 17.6 Å². The van der Waals surface area contributed by atoms with Crippen LogP contribution in [0.2, 0.25) is 5.02 Å². The van der Waals surface area contributed by atoms with Crippen LogP contribution >= 0.6 is 11.6 Å². The highest BCUT2D eigenvalue weighted by molar-refractivity contribution is 6.35. The van der Waals surface area contributed by atoms with Crippen molar-refractivity contribution in [2.75, 3.05) is 51.3 Å². The fraction of sp³-hybridized carbons (Fsp3) is 0.433. The summed E-state index contributed by atoms with van der Waals surface area (Å²) in [7, 11) is 2.09. The molecule has 1 amide bonds. The molecule has 0 bridgehead atoms. The van der Waals surface area contributed by atoms with E-state index >= 15 is 0 Å². The molecule has 2 saturated heterocycles. The SMILES string of the molecule is C=C(F)C(=O)N1CCN(c2nc(OC[C@@H]3CCCN3C)nc3c2OCC(c2cccc4cccc(Cl)c24)O3)[C@@H](C)C1. The van der Waals surface area contributed by atoms with Crippen LogP contribution in [0, 0.1) is 0 Å². The molecule has 0 radical (unpaired) electrons. The number of carbonyl (C=O) groups is 1. The fourth-order valence-electron chi connectivity index (χ4n) is 5.93. The molecule has 3 aliphatic heterocycles. The summed E-state index contributed by atoms with van der Waals surface area (Å²) >= 11 is 6.61. The first-order valence-electron chi connectivity index (χ1n) is 13.9. The number of likely N-dealkylation sites (tertiary alicyclic amines) is 1. The molecule has 3 atom stereocenters. The molecule has 1 unspecified atom stereocenters. The molecular formula is C30H33ClFN5O4. The van der Waals surface area contributed by atoms with E-state index in [9.17, 15) is 9.18 Å². The average molecular weight is 582 g/mol. The van der Waals surface area contributed by atoms with Crippen LogP contribution in [0.3, 0.4) is 0 Å². The predicted molar refractivity (Wildman–Crippen MR) is 155 cm³/mol. The molecule has 3 aliphatic rings. The molecule has 0 spiro atoms. The lowest BCUT2D eigenvalue weighted by atomic mass is 10.00. The summed E-state index contributed by atoms with van der Waals surface area (Å²) < 4.78 is 32.5. The summed E-state index contributed by atoms with van der Waals surface area (Å²) in [6, 6.07) is 12.1. The molecule has 0 saturated carbocycles. The highest BCUT2D eigenvalue weighted by atomic mass is 35.5. The Balaban J connectivity index is 1.33. The van der Waals surface area contributed by atoms with Crippen LogP contribution in [0.4, 0.5) is 10.2 Å². The second kappa shape index (κ2) is 11.3. The number of ether oxygens (including phenoxy) is 3. The van der Waals surface area contributed by atoms with E-state index < -0.39 is 17.8 Å². The number of nitrogens with zero attached hydrogens (tertiary/aromatic N) is 5. The van der Waals surface area contributed by atoms with Gasteiger partial charge in [-0.1, -0.05) is 48.5 Å². The zero-order valence-corrected chi connectivity index (χ0v) is 23.9. The molecule has 11 heteroatoms. The van der Waals surface area contributed by atoms with Crippen molar-refractivity contribution in [2.45, 2.75) is 38.0 Å². The van der Waals surface area contributed by atoms with E-state index in [2.05, 4.69) is 23.5 Å². The smallest absolute Gasteiger partial charge is 0.322 e. The normalized spacial score (nSPS) is 22.7. The molecule has 2 aromatic carbocycles. The summed E-state index contributed by atoms with van der Waals surface area (Å²) in [4.78, 5) is 27.4. The fourth-order valence-corrected chi connectivity index (χ4v) is 6.22. The Labute approximate surface area is 243 Å². The van der Waals surface area contributed by atoms with Gasteiger partial charge in [0, 0.05) is 47.7 Å². The van der Waals surface area contributed by atoms with Crippen molar-refractivity contribution in [3.05, 3.63) is 59.4 Å². The minimum absolute atomic E-state index is 0.182. The Morgan fingerprint density at radius 1 is 1.20 bits per heavy atom. The van der Waals surface area contributed by atoms with Gasteiger partial charge < -0.3 is 28.9 Å². The minimum Gasteiger partial charge on any atom is -0.481 e. The number of likely N-dealkylation sites (N-methyl/N-ethyl adjacent to an activating group) is 1. The first-order valence-corrected chi connectivity index (χ1v) is 14.3. The van der Waals surface area contributed by atoms with Crippen LogP contribution in [0.5, 0.6) is 17.6 Å². The minimum atomic E-state index is -0.964.